The van der Waals surface area contributed by atoms with E-state index in [-0.39, 0.29) is 17.9 Å². The Kier molecular flexibility index (Phi) is 5.41. The van der Waals surface area contributed by atoms with E-state index in [1.54, 1.807) is 18.3 Å². The lowest BCUT2D eigenvalue weighted by molar-refractivity contribution is 0.454. The Labute approximate surface area is 137 Å². The maximum atomic E-state index is 14.0. The summed E-state index contributed by atoms with van der Waals surface area (Å²) in [6.07, 6.45) is 2.22. The average molecular weight is 375 g/mol. The molecule has 0 aliphatic carbocycles. The molecule has 0 amide bonds. The molecule has 1 atom stereocenters. The van der Waals surface area contributed by atoms with Gasteiger partial charge in [-0.05, 0) is 55.4 Å². The van der Waals surface area contributed by atoms with Crippen molar-refractivity contribution >= 4 is 27.5 Å². The minimum absolute atomic E-state index is 0.0846. The minimum atomic E-state index is -0.283. The molecule has 2 rings (SSSR count). The predicted molar refractivity (Wildman–Crippen MR) is 87.2 cm³/mol. The van der Waals surface area contributed by atoms with E-state index in [1.807, 2.05) is 11.7 Å². The summed E-state index contributed by atoms with van der Waals surface area (Å²) in [7, 11) is 1.85. The first-order chi connectivity index (χ1) is 9.95. The van der Waals surface area contributed by atoms with E-state index < -0.39 is 0 Å². The van der Waals surface area contributed by atoms with E-state index >= 15 is 0 Å². The predicted octanol–water partition coefficient (Wildman–Crippen LogP) is 4.52. The van der Waals surface area contributed by atoms with Crippen LogP contribution in [0.15, 0.2) is 28.9 Å². The Morgan fingerprint density at radius 2 is 2.14 bits per heavy atom. The molecular formula is C15H18BrClFN3. The molecule has 6 heteroatoms. The number of likely N-dealkylation sites (N-methyl/N-ethyl adjacent to an activating group) is 1. The van der Waals surface area contributed by atoms with Gasteiger partial charge in [0.15, 0.2) is 0 Å². The zero-order valence-corrected chi connectivity index (χ0v) is 14.5. The third-order valence-corrected chi connectivity index (χ3v) is 4.39. The molecule has 114 valence electrons. The highest BCUT2D eigenvalue weighted by molar-refractivity contribution is 9.10. The molecule has 1 heterocycles. The topological polar surface area (TPSA) is 29.9 Å². The maximum Gasteiger partial charge on any atom is 0.127 e. The molecule has 2 aromatic rings. The van der Waals surface area contributed by atoms with Crippen LogP contribution in [0.2, 0.25) is 5.02 Å². The van der Waals surface area contributed by atoms with Gasteiger partial charge in [0.25, 0.3) is 0 Å². The fourth-order valence-corrected chi connectivity index (χ4v) is 3.14. The molecule has 1 aromatic heterocycles. The van der Waals surface area contributed by atoms with Crippen LogP contribution in [-0.2, 0) is 6.42 Å². The summed E-state index contributed by atoms with van der Waals surface area (Å²) in [5.41, 5.74) is 1.51. The molecule has 0 aliphatic heterocycles. The van der Waals surface area contributed by atoms with E-state index in [0.29, 0.717) is 17.0 Å². The van der Waals surface area contributed by atoms with Crippen LogP contribution in [-0.4, -0.2) is 16.8 Å². The van der Waals surface area contributed by atoms with E-state index in [2.05, 4.69) is 40.2 Å². The van der Waals surface area contributed by atoms with Crippen LogP contribution < -0.4 is 5.32 Å². The average Bonchev–Trinajstić information content (AvgIpc) is 2.81. The highest BCUT2D eigenvalue weighted by Crippen LogP contribution is 2.30. The zero-order valence-electron chi connectivity index (χ0n) is 12.2. The number of nitrogens with one attached hydrogen (secondary N) is 1. The van der Waals surface area contributed by atoms with Crippen molar-refractivity contribution in [3.8, 4) is 0 Å². The Morgan fingerprint density at radius 1 is 1.43 bits per heavy atom. The molecule has 0 fully saturated rings. The van der Waals surface area contributed by atoms with E-state index in [0.717, 1.165) is 10.2 Å². The van der Waals surface area contributed by atoms with Crippen molar-refractivity contribution < 1.29 is 4.39 Å². The van der Waals surface area contributed by atoms with Crippen molar-refractivity contribution in [2.45, 2.75) is 32.4 Å². The number of benzene rings is 1. The van der Waals surface area contributed by atoms with Gasteiger partial charge in [0.1, 0.15) is 5.82 Å². The Morgan fingerprint density at radius 3 is 2.71 bits per heavy atom. The van der Waals surface area contributed by atoms with Gasteiger partial charge in [-0.1, -0.05) is 17.7 Å². The monoisotopic (exact) mass is 373 g/mol. The summed E-state index contributed by atoms with van der Waals surface area (Å²) < 4.78 is 16.8. The standard InChI is InChI=1S/C15H18BrClFN3/c1-9(2)21-15(11(16)8-20-21)14(19-3)7-10-12(17)5-4-6-13(10)18/h4-6,8-9,14,19H,7H2,1-3H3. The Bertz CT molecular complexity index is 607. The number of rotatable bonds is 5. The fraction of sp³-hybridized carbons (Fsp3) is 0.400. The summed E-state index contributed by atoms with van der Waals surface area (Å²) in [5.74, 6) is -0.283. The summed E-state index contributed by atoms with van der Waals surface area (Å²) >= 11 is 9.66. The second-order valence-corrected chi connectivity index (χ2v) is 6.42. The Hall–Kier alpha value is -0.910. The third-order valence-electron chi connectivity index (χ3n) is 3.42. The number of hydrogen-bond acceptors (Lipinski definition) is 2. The third kappa shape index (κ3) is 3.47. The number of nitrogens with zero attached hydrogens (tertiary/aromatic N) is 2. The summed E-state index contributed by atoms with van der Waals surface area (Å²) in [4.78, 5) is 0. The molecule has 0 spiro atoms. The number of halogens is 3. The van der Waals surface area contributed by atoms with Crippen LogP contribution in [0, 0.1) is 5.82 Å². The van der Waals surface area contributed by atoms with E-state index in [9.17, 15) is 4.39 Å². The van der Waals surface area contributed by atoms with Crippen molar-refractivity contribution in [1.82, 2.24) is 15.1 Å². The van der Waals surface area contributed by atoms with E-state index in [1.165, 1.54) is 6.07 Å². The van der Waals surface area contributed by atoms with Gasteiger partial charge in [0.05, 0.1) is 22.4 Å². The molecule has 1 N–H and O–H groups in total. The van der Waals surface area contributed by atoms with E-state index in [4.69, 9.17) is 11.6 Å². The highest BCUT2D eigenvalue weighted by atomic mass is 79.9. The molecular weight excluding hydrogens is 357 g/mol. The lowest BCUT2D eigenvalue weighted by Crippen LogP contribution is -2.24. The minimum Gasteiger partial charge on any atom is -0.311 e. The van der Waals surface area contributed by atoms with Crippen LogP contribution in [0.25, 0.3) is 0 Å². The zero-order chi connectivity index (χ0) is 15.6. The molecule has 21 heavy (non-hydrogen) atoms. The molecule has 0 aliphatic rings. The van der Waals surface area contributed by atoms with Crippen molar-refractivity contribution in [2.75, 3.05) is 7.05 Å². The largest absolute Gasteiger partial charge is 0.311 e. The van der Waals surface area contributed by atoms with Crippen LogP contribution >= 0.6 is 27.5 Å². The molecule has 0 saturated carbocycles. The first kappa shape index (κ1) is 16.5. The highest BCUT2D eigenvalue weighted by Gasteiger charge is 2.22. The first-order valence-electron chi connectivity index (χ1n) is 6.78. The first-order valence-corrected chi connectivity index (χ1v) is 7.95. The van der Waals surface area contributed by atoms with Crippen LogP contribution in [0.4, 0.5) is 4.39 Å². The van der Waals surface area contributed by atoms with Gasteiger partial charge in [0, 0.05) is 16.6 Å². The summed E-state index contributed by atoms with van der Waals surface area (Å²) in [6.45, 7) is 4.12. The quantitative estimate of drug-likeness (QED) is 0.834. The SMILES string of the molecule is CNC(Cc1c(F)cccc1Cl)c1c(Br)cnn1C(C)C. The number of aromatic nitrogens is 2. The normalized spacial score (nSPS) is 12.9. The molecule has 0 saturated heterocycles. The Balaban J connectivity index is 2.39. The molecule has 0 radical (unpaired) electrons. The van der Waals surface area contributed by atoms with Crippen molar-refractivity contribution in [2.24, 2.45) is 0 Å². The van der Waals surface area contributed by atoms with Gasteiger partial charge >= 0.3 is 0 Å². The van der Waals surface area contributed by atoms with Crippen molar-refractivity contribution in [1.29, 1.82) is 0 Å². The molecule has 3 nitrogen and oxygen atoms in total. The van der Waals surface area contributed by atoms with Crippen LogP contribution in [0.1, 0.15) is 37.2 Å². The van der Waals surface area contributed by atoms with Crippen LogP contribution in [0.3, 0.4) is 0 Å². The molecule has 1 unspecified atom stereocenters. The fourth-order valence-electron chi connectivity index (χ4n) is 2.36. The van der Waals surface area contributed by atoms with Gasteiger partial charge in [-0.15, -0.1) is 0 Å². The lowest BCUT2D eigenvalue weighted by atomic mass is 10.0. The van der Waals surface area contributed by atoms with Gasteiger partial charge in [-0.2, -0.15) is 5.10 Å². The summed E-state index contributed by atoms with van der Waals surface area (Å²) in [5, 5.41) is 8.05. The van der Waals surface area contributed by atoms with Gasteiger partial charge in [0.2, 0.25) is 0 Å². The smallest absolute Gasteiger partial charge is 0.127 e. The maximum absolute atomic E-state index is 14.0. The second-order valence-electron chi connectivity index (χ2n) is 5.16. The second kappa shape index (κ2) is 6.90. The van der Waals surface area contributed by atoms with Gasteiger partial charge in [-0.25, -0.2) is 4.39 Å². The molecule has 1 aromatic carbocycles. The number of hydrogen-bond donors (Lipinski definition) is 1. The van der Waals surface area contributed by atoms with Gasteiger partial charge in [-0.3, -0.25) is 4.68 Å². The van der Waals surface area contributed by atoms with Crippen molar-refractivity contribution in [3.05, 3.63) is 51.0 Å². The van der Waals surface area contributed by atoms with Crippen LogP contribution in [0.5, 0.6) is 0 Å². The molecule has 0 bridgehead atoms. The van der Waals surface area contributed by atoms with Crippen molar-refractivity contribution in [3.63, 3.8) is 0 Å². The van der Waals surface area contributed by atoms with Gasteiger partial charge < -0.3 is 5.32 Å². The lowest BCUT2D eigenvalue weighted by Gasteiger charge is -2.21. The summed E-state index contributed by atoms with van der Waals surface area (Å²) in [6, 6.07) is 4.89.